The zero-order chi connectivity index (χ0) is 18.3. The second-order valence-electron chi connectivity index (χ2n) is 8.03. The molecule has 0 amide bonds. The maximum absolute atomic E-state index is 4.52. The normalized spacial score (nSPS) is 18.2. The molecule has 1 fully saturated rings. The second kappa shape index (κ2) is 11.4. The van der Waals surface area contributed by atoms with Crippen molar-refractivity contribution in [3.63, 3.8) is 0 Å². The number of thioether (sulfide) groups is 1. The molecule has 148 valence electrons. The Bertz CT molecular complexity index is 548. The summed E-state index contributed by atoms with van der Waals surface area (Å²) in [4.78, 5) is 10.6. The molecule has 1 unspecified atom stereocenters. The van der Waals surface area contributed by atoms with E-state index >= 15 is 0 Å². The zero-order valence-electron chi connectivity index (χ0n) is 16.9. The average molecular weight is 490 g/mol. The molecular formula is C20H35IN4S. The van der Waals surface area contributed by atoms with E-state index in [1.807, 2.05) is 18.8 Å². The molecule has 6 heteroatoms. The molecule has 1 N–H and O–H groups in total. The Balaban J connectivity index is 0.00000338. The Hall–Kier alpha value is -0.470. The fourth-order valence-electron chi connectivity index (χ4n) is 3.45. The van der Waals surface area contributed by atoms with Crippen LogP contribution in [0.1, 0.15) is 20.3 Å². The lowest BCUT2D eigenvalue weighted by Crippen LogP contribution is -2.46. The summed E-state index contributed by atoms with van der Waals surface area (Å²) in [5.41, 5.74) is 0.224. The third kappa shape index (κ3) is 8.05. The van der Waals surface area contributed by atoms with Gasteiger partial charge in [-0.2, -0.15) is 0 Å². The number of benzene rings is 1. The van der Waals surface area contributed by atoms with Gasteiger partial charge in [-0.15, -0.1) is 35.7 Å². The van der Waals surface area contributed by atoms with Gasteiger partial charge in [0.25, 0.3) is 0 Å². The minimum Gasteiger partial charge on any atom is -0.356 e. The van der Waals surface area contributed by atoms with Crippen molar-refractivity contribution in [2.45, 2.75) is 25.2 Å². The summed E-state index contributed by atoms with van der Waals surface area (Å²) in [6.45, 7) is 8.82. The predicted molar refractivity (Wildman–Crippen MR) is 126 cm³/mol. The monoisotopic (exact) mass is 490 g/mol. The Morgan fingerprint density at radius 3 is 2.62 bits per heavy atom. The maximum Gasteiger partial charge on any atom is 0.193 e. The van der Waals surface area contributed by atoms with Gasteiger partial charge in [-0.05, 0) is 44.0 Å². The van der Waals surface area contributed by atoms with Crippen LogP contribution in [0.3, 0.4) is 0 Å². The van der Waals surface area contributed by atoms with Gasteiger partial charge in [0, 0.05) is 43.9 Å². The van der Waals surface area contributed by atoms with Gasteiger partial charge in [-0.25, -0.2) is 0 Å². The molecule has 0 radical (unpaired) electrons. The molecule has 0 bridgehead atoms. The molecule has 0 aromatic heterocycles. The van der Waals surface area contributed by atoms with Gasteiger partial charge in [0.05, 0.1) is 0 Å². The second-order valence-corrected chi connectivity index (χ2v) is 9.12. The van der Waals surface area contributed by atoms with Crippen molar-refractivity contribution >= 4 is 41.7 Å². The Kier molecular flexibility index (Phi) is 10.3. The van der Waals surface area contributed by atoms with Crippen LogP contribution in [-0.2, 0) is 0 Å². The summed E-state index contributed by atoms with van der Waals surface area (Å²) >= 11 is 1.97. The van der Waals surface area contributed by atoms with Gasteiger partial charge < -0.3 is 15.1 Å². The van der Waals surface area contributed by atoms with E-state index in [0.717, 1.165) is 38.1 Å². The molecule has 1 aliphatic rings. The third-order valence-corrected chi connectivity index (χ3v) is 5.74. The molecule has 0 aliphatic carbocycles. The lowest BCUT2D eigenvalue weighted by molar-refractivity contribution is 0.239. The molecule has 26 heavy (non-hydrogen) atoms. The molecule has 1 aromatic rings. The van der Waals surface area contributed by atoms with Crippen LogP contribution in [0.15, 0.2) is 40.2 Å². The lowest BCUT2D eigenvalue weighted by Gasteiger charge is -2.31. The summed E-state index contributed by atoms with van der Waals surface area (Å²) in [5, 5.41) is 3.59. The van der Waals surface area contributed by atoms with E-state index in [1.165, 1.54) is 17.1 Å². The van der Waals surface area contributed by atoms with Crippen LogP contribution in [0.4, 0.5) is 0 Å². The van der Waals surface area contributed by atoms with E-state index in [-0.39, 0.29) is 29.4 Å². The number of guanidine groups is 1. The number of hydrogen-bond donors (Lipinski definition) is 1. The van der Waals surface area contributed by atoms with E-state index in [2.05, 4.69) is 78.4 Å². The molecule has 4 nitrogen and oxygen atoms in total. The largest absolute Gasteiger partial charge is 0.356 e. The molecule has 1 aromatic carbocycles. The van der Waals surface area contributed by atoms with Gasteiger partial charge in [0.2, 0.25) is 0 Å². The molecule has 0 saturated carbocycles. The van der Waals surface area contributed by atoms with Crippen LogP contribution in [0.25, 0.3) is 0 Å². The number of likely N-dealkylation sites (tertiary alicyclic amines) is 1. The highest BCUT2D eigenvalue weighted by molar-refractivity contribution is 14.0. The maximum atomic E-state index is 4.52. The zero-order valence-corrected chi connectivity index (χ0v) is 20.0. The van der Waals surface area contributed by atoms with Crippen molar-refractivity contribution in [2.75, 3.05) is 53.1 Å². The van der Waals surface area contributed by atoms with E-state index in [0.29, 0.717) is 0 Å². The summed E-state index contributed by atoms with van der Waals surface area (Å²) in [6, 6.07) is 10.7. The quantitative estimate of drug-likeness (QED) is 0.272. The van der Waals surface area contributed by atoms with Crippen LogP contribution in [-0.4, -0.2) is 68.8 Å². The highest BCUT2D eigenvalue weighted by atomic mass is 127. The van der Waals surface area contributed by atoms with Gasteiger partial charge >= 0.3 is 0 Å². The molecule has 1 aliphatic heterocycles. The van der Waals surface area contributed by atoms with E-state index in [1.54, 1.807) is 0 Å². The van der Waals surface area contributed by atoms with Gasteiger partial charge in [-0.1, -0.05) is 32.0 Å². The highest BCUT2D eigenvalue weighted by Crippen LogP contribution is 2.26. The first-order valence-electron chi connectivity index (χ1n) is 9.18. The number of rotatable bonds is 7. The molecule has 0 spiro atoms. The predicted octanol–water partition coefficient (Wildman–Crippen LogP) is 3.88. The first kappa shape index (κ1) is 23.6. The minimum absolute atomic E-state index is 0. The molecule has 1 atom stereocenters. The first-order valence-corrected chi connectivity index (χ1v) is 10.2. The first-order chi connectivity index (χ1) is 11.9. The molecule has 2 rings (SSSR count). The Morgan fingerprint density at radius 1 is 1.31 bits per heavy atom. The Labute approximate surface area is 181 Å². The lowest BCUT2D eigenvalue weighted by atomic mass is 9.93. The average Bonchev–Trinajstić information content (AvgIpc) is 3.02. The van der Waals surface area contributed by atoms with Crippen molar-refractivity contribution in [3.8, 4) is 0 Å². The topological polar surface area (TPSA) is 30.9 Å². The Morgan fingerprint density at radius 2 is 2.00 bits per heavy atom. The van der Waals surface area contributed by atoms with Gasteiger partial charge in [0.15, 0.2) is 5.96 Å². The minimum atomic E-state index is 0. The fraction of sp³-hybridized carbons (Fsp3) is 0.650. The number of aliphatic imine (C=N–C) groups is 1. The fourth-order valence-corrected chi connectivity index (χ4v) is 4.50. The van der Waals surface area contributed by atoms with Gasteiger partial charge in [0.1, 0.15) is 0 Å². The SMILES string of the molecule is CN=C(NCC(C)(C)CN(C)C)N1CCC(CSc2ccccc2)C1.I. The summed E-state index contributed by atoms with van der Waals surface area (Å²) in [7, 11) is 6.16. The van der Waals surface area contributed by atoms with Crippen LogP contribution in [0.2, 0.25) is 0 Å². The molecular weight excluding hydrogens is 455 g/mol. The van der Waals surface area contributed by atoms with Crippen LogP contribution in [0, 0.1) is 11.3 Å². The van der Waals surface area contributed by atoms with Crippen molar-refractivity contribution in [3.05, 3.63) is 30.3 Å². The van der Waals surface area contributed by atoms with Crippen molar-refractivity contribution in [2.24, 2.45) is 16.3 Å². The van der Waals surface area contributed by atoms with E-state index in [4.69, 9.17) is 0 Å². The molecule has 1 saturated heterocycles. The van der Waals surface area contributed by atoms with E-state index < -0.39 is 0 Å². The van der Waals surface area contributed by atoms with Crippen LogP contribution >= 0.6 is 35.7 Å². The number of halogens is 1. The number of hydrogen-bond acceptors (Lipinski definition) is 3. The van der Waals surface area contributed by atoms with E-state index in [9.17, 15) is 0 Å². The smallest absolute Gasteiger partial charge is 0.193 e. The highest BCUT2D eigenvalue weighted by Gasteiger charge is 2.26. The van der Waals surface area contributed by atoms with Crippen LogP contribution < -0.4 is 5.32 Å². The van der Waals surface area contributed by atoms with Gasteiger partial charge in [-0.3, -0.25) is 4.99 Å². The van der Waals surface area contributed by atoms with Crippen molar-refractivity contribution < 1.29 is 0 Å². The van der Waals surface area contributed by atoms with Crippen molar-refractivity contribution in [1.29, 1.82) is 0 Å². The number of nitrogens with zero attached hydrogens (tertiary/aromatic N) is 3. The number of nitrogens with one attached hydrogen (secondary N) is 1. The van der Waals surface area contributed by atoms with Crippen molar-refractivity contribution in [1.82, 2.24) is 15.1 Å². The van der Waals surface area contributed by atoms with Crippen LogP contribution in [0.5, 0.6) is 0 Å². The third-order valence-electron chi connectivity index (χ3n) is 4.50. The summed E-state index contributed by atoms with van der Waals surface area (Å²) in [5.74, 6) is 2.97. The standard InChI is InChI=1S/C20H34N4S.HI/c1-20(2,16-23(4)5)15-22-19(21-3)24-12-11-17(13-24)14-25-18-9-7-6-8-10-18;/h6-10,17H,11-16H2,1-5H3,(H,21,22);1H. The summed E-state index contributed by atoms with van der Waals surface area (Å²) in [6.07, 6.45) is 1.25. The molecule has 1 heterocycles. The summed E-state index contributed by atoms with van der Waals surface area (Å²) < 4.78 is 0.